The van der Waals surface area contributed by atoms with Crippen molar-refractivity contribution < 1.29 is 0 Å². The van der Waals surface area contributed by atoms with E-state index in [2.05, 4.69) is 450 Å². The van der Waals surface area contributed by atoms with E-state index < -0.39 is 0 Å². The highest BCUT2D eigenvalue weighted by atomic mass is 32.1. The van der Waals surface area contributed by atoms with Crippen LogP contribution in [0, 0.1) is 0 Å². The first-order valence-electron chi connectivity index (χ1n) is 50.4. The van der Waals surface area contributed by atoms with Crippen molar-refractivity contribution in [3.63, 3.8) is 0 Å². The van der Waals surface area contributed by atoms with Gasteiger partial charge in [0.2, 0.25) is 0 Å². The molecule has 0 bridgehead atoms. The second-order valence-electron chi connectivity index (χ2n) is 37.6. The summed E-state index contributed by atoms with van der Waals surface area (Å²) in [5, 5.41) is 15.1. The molecule has 0 saturated carbocycles. The van der Waals surface area contributed by atoms with Crippen LogP contribution >= 0.6 is 34.0 Å². The normalized spacial score (nSPS) is 11.6. The van der Waals surface area contributed by atoms with Crippen LogP contribution in [0.4, 0.5) is 0 Å². The van der Waals surface area contributed by atoms with Gasteiger partial charge in [-0.1, -0.05) is 425 Å². The Morgan fingerprint density at radius 3 is 0.633 bits per heavy atom. The molecule has 0 aliphatic rings. The third-order valence-corrected chi connectivity index (χ3v) is 32.3. The first kappa shape index (κ1) is 88.5. The van der Waals surface area contributed by atoms with Gasteiger partial charge < -0.3 is 13.7 Å². The van der Waals surface area contributed by atoms with Crippen molar-refractivity contribution >= 4 is 160 Å². The summed E-state index contributed by atoms with van der Waals surface area (Å²) >= 11 is 5.58. The lowest BCUT2D eigenvalue weighted by atomic mass is 9.98. The lowest BCUT2D eigenvalue weighted by molar-refractivity contribution is 1.07. The van der Waals surface area contributed by atoms with Gasteiger partial charge in [0, 0.05) is 160 Å². The van der Waals surface area contributed by atoms with Crippen LogP contribution in [0.25, 0.3) is 278 Å². The van der Waals surface area contributed by atoms with Gasteiger partial charge in [-0.05, 0) is 114 Å². The Hall–Kier alpha value is -19.2. The Bertz CT molecular complexity index is 9750. The van der Waals surface area contributed by atoms with Gasteiger partial charge in [0.15, 0.2) is 29.1 Å². The fraction of sp³-hybridized carbons (Fsp3) is 0. The molecule has 0 N–H and O–H groups in total. The molecule has 0 aliphatic carbocycles. The van der Waals surface area contributed by atoms with Crippen molar-refractivity contribution in [2.24, 2.45) is 0 Å². The third-order valence-electron chi connectivity index (χ3n) is 28.7. The number of para-hydroxylation sites is 6. The number of hydrogen-bond acceptors (Lipinski definition) is 10. The quantitative estimate of drug-likeness (QED) is 0.101. The zero-order valence-corrected chi connectivity index (χ0v) is 83.3. The Morgan fingerprint density at radius 2 is 0.340 bits per heavy atom. The highest BCUT2D eigenvalue weighted by molar-refractivity contribution is 7.27. The first-order chi connectivity index (χ1) is 74.4. The summed E-state index contributed by atoms with van der Waals surface area (Å²) in [6.07, 6.45) is 0. The second-order valence-corrected chi connectivity index (χ2v) is 40.7. The molecule has 0 aliphatic heterocycles. The summed E-state index contributed by atoms with van der Waals surface area (Å²) in [5.74, 6) is 3.35. The molecule has 9 aromatic heterocycles. The standard InChI is InChI=1S/2C46H29N3S.C45H28N4S/c1-3-14-30(15-4-1)38-29-39(31-16-5-2-6-17-31)48-46(47-38)33-19-13-18-32(28-33)44-42(27-26-37-36-22-9-12-25-43(36)50-45(37)44)49-40-23-10-7-20-34(40)35-21-8-11-24-41(35)49;1-3-13-30(14-4-1)38-29-39(31-15-5-2-6-16-31)48-46(47-38)33-25-23-32(24-26-33)44-42(28-27-37-36-19-9-12-22-43(36)50-45(37)44)49-40-20-10-7-17-34(40)35-18-8-11-21-41(35)49;1-3-14-29(15-4-1)43-46-44(30-16-5-2-6-17-30)48-45(47-43)32-19-13-18-31(28-32)41-39(27-26-36-35-22-9-12-25-40(35)50-42(36)41)49-37-23-10-7-20-33(37)34-21-8-11-24-38(34)49/h2*1-29H;1-28H. The zero-order chi connectivity index (χ0) is 99.1. The molecule has 0 fully saturated rings. The molecule has 30 rings (SSSR count). The molecule has 0 spiro atoms. The maximum atomic E-state index is 5.17. The van der Waals surface area contributed by atoms with E-state index in [0.717, 1.165) is 101 Å². The number of aromatic nitrogens is 10. The summed E-state index contributed by atoms with van der Waals surface area (Å²) in [5.41, 5.74) is 30.3. The van der Waals surface area contributed by atoms with E-state index in [4.69, 9.17) is 34.9 Å². The minimum absolute atomic E-state index is 0.640. The zero-order valence-electron chi connectivity index (χ0n) is 80.8. The van der Waals surface area contributed by atoms with Crippen molar-refractivity contribution in [2.75, 3.05) is 0 Å². The maximum Gasteiger partial charge on any atom is 0.164 e. The number of nitrogens with zero attached hydrogens (tertiary/aromatic N) is 10. The molecule has 0 unspecified atom stereocenters. The Kier molecular flexibility index (Phi) is 22.3. The second kappa shape index (κ2) is 37.8. The monoisotopic (exact) mass is 1970 g/mol. The molecular formula is C137H86N10S3. The van der Waals surface area contributed by atoms with Gasteiger partial charge in [0.25, 0.3) is 0 Å². The summed E-state index contributed by atoms with van der Waals surface area (Å²) in [4.78, 5) is 35.6. The lowest BCUT2D eigenvalue weighted by Gasteiger charge is -2.16. The van der Waals surface area contributed by atoms with E-state index in [9.17, 15) is 0 Å². The van der Waals surface area contributed by atoms with Gasteiger partial charge >= 0.3 is 0 Å². The highest BCUT2D eigenvalue weighted by Crippen LogP contribution is 2.52. The molecule has 0 radical (unpaired) electrons. The molecule has 150 heavy (non-hydrogen) atoms. The van der Waals surface area contributed by atoms with Crippen molar-refractivity contribution in [1.29, 1.82) is 0 Å². The van der Waals surface area contributed by atoms with Crippen LogP contribution in [0.3, 0.4) is 0 Å². The molecule has 0 saturated heterocycles. The van der Waals surface area contributed by atoms with E-state index in [1.54, 1.807) is 0 Å². The van der Waals surface area contributed by atoms with Gasteiger partial charge in [0.05, 0.1) is 72.9 Å². The molecule has 10 nitrogen and oxygen atoms in total. The number of thiophene rings is 3. The number of rotatable bonds is 15. The molecular weight excluding hydrogens is 1880 g/mol. The summed E-state index contributed by atoms with van der Waals surface area (Å²) in [6.45, 7) is 0. The third kappa shape index (κ3) is 15.8. The van der Waals surface area contributed by atoms with Crippen LogP contribution in [0.15, 0.2) is 522 Å². The Labute approximate surface area is 875 Å². The van der Waals surface area contributed by atoms with Gasteiger partial charge in [-0.15, -0.1) is 34.0 Å². The number of fused-ring (bicyclic) bond motifs is 18. The number of hydrogen-bond donors (Lipinski definition) is 0. The van der Waals surface area contributed by atoms with Gasteiger partial charge in [0.1, 0.15) is 0 Å². The fourth-order valence-electron chi connectivity index (χ4n) is 21.8. The maximum absolute atomic E-state index is 5.17. The van der Waals surface area contributed by atoms with Crippen LogP contribution in [-0.4, -0.2) is 48.6 Å². The van der Waals surface area contributed by atoms with E-state index in [-0.39, 0.29) is 0 Å². The highest BCUT2D eigenvalue weighted by Gasteiger charge is 2.28. The summed E-state index contributed by atoms with van der Waals surface area (Å²) in [6, 6.07) is 185. The van der Waals surface area contributed by atoms with E-state index in [0.29, 0.717) is 29.1 Å². The average Bonchev–Trinajstić information content (AvgIpc) is 1.57. The predicted molar refractivity (Wildman–Crippen MR) is 631 cm³/mol. The molecule has 702 valence electrons. The first-order valence-corrected chi connectivity index (χ1v) is 52.8. The predicted octanol–water partition coefficient (Wildman–Crippen LogP) is 37.2. The van der Waals surface area contributed by atoms with Crippen molar-refractivity contribution in [1.82, 2.24) is 48.6 Å². The van der Waals surface area contributed by atoms with Crippen LogP contribution in [-0.2, 0) is 0 Å². The SMILES string of the molecule is c1ccc(-c2cc(-c3ccccc3)nc(-c3ccc(-c4c(-n5c6ccccc6c6ccccc65)ccc5c4sc4ccccc45)cc3)n2)cc1.c1ccc(-c2cc(-c3ccccc3)nc(-c3cccc(-c4c(-n5c6ccccc6c6ccccc65)ccc5c4sc4ccccc45)c3)n2)cc1.c1ccc(-c2nc(-c3ccccc3)nc(-c3cccc(-c4c(-n5c6ccccc6c6ccccc65)ccc5c4sc4ccccc45)c3)n2)cc1. The van der Waals surface area contributed by atoms with Crippen LogP contribution < -0.4 is 0 Å². The smallest absolute Gasteiger partial charge is 0.164 e. The van der Waals surface area contributed by atoms with Crippen LogP contribution in [0.2, 0.25) is 0 Å². The fourth-order valence-corrected chi connectivity index (χ4v) is 25.6. The molecule has 13 heteroatoms. The van der Waals surface area contributed by atoms with Crippen LogP contribution in [0.1, 0.15) is 0 Å². The largest absolute Gasteiger partial charge is 0.309 e. The Morgan fingerprint density at radius 1 is 0.133 bits per heavy atom. The van der Waals surface area contributed by atoms with Crippen molar-refractivity contribution in [3.8, 4) is 152 Å². The van der Waals surface area contributed by atoms with E-state index >= 15 is 0 Å². The summed E-state index contributed by atoms with van der Waals surface area (Å²) < 4.78 is 15.0. The van der Waals surface area contributed by atoms with E-state index in [1.165, 1.54) is 148 Å². The molecule has 30 aromatic rings. The van der Waals surface area contributed by atoms with Gasteiger partial charge in [-0.25, -0.2) is 34.9 Å². The molecule has 9 heterocycles. The lowest BCUT2D eigenvalue weighted by Crippen LogP contribution is -2.00. The molecule has 0 atom stereocenters. The van der Waals surface area contributed by atoms with E-state index in [1.807, 2.05) is 119 Å². The van der Waals surface area contributed by atoms with Crippen molar-refractivity contribution in [2.45, 2.75) is 0 Å². The van der Waals surface area contributed by atoms with Gasteiger partial charge in [-0.2, -0.15) is 0 Å². The molecule has 21 aromatic carbocycles. The Balaban J connectivity index is 0.000000108. The molecule has 0 amide bonds. The average molecular weight is 1970 g/mol. The van der Waals surface area contributed by atoms with Gasteiger partial charge in [-0.3, -0.25) is 0 Å². The number of benzene rings is 21. The topological polar surface area (TPSA) is 105 Å². The minimum Gasteiger partial charge on any atom is -0.309 e. The van der Waals surface area contributed by atoms with Crippen molar-refractivity contribution in [3.05, 3.63) is 522 Å². The summed E-state index contributed by atoms with van der Waals surface area (Å²) in [7, 11) is 0. The minimum atomic E-state index is 0.640. The van der Waals surface area contributed by atoms with Crippen LogP contribution in [0.5, 0.6) is 0 Å².